The van der Waals surface area contributed by atoms with E-state index >= 15 is 0 Å². The third kappa shape index (κ3) is 0.941. The van der Waals surface area contributed by atoms with Gasteiger partial charge in [-0.1, -0.05) is 0 Å². The quantitative estimate of drug-likeness (QED) is 0.512. The van der Waals surface area contributed by atoms with Crippen molar-refractivity contribution in [3.63, 3.8) is 0 Å². The molecule has 1 saturated heterocycles. The van der Waals surface area contributed by atoms with E-state index in [1.807, 2.05) is 0 Å². The molecule has 0 aromatic carbocycles. The van der Waals surface area contributed by atoms with Gasteiger partial charge in [0.1, 0.15) is 0 Å². The molecule has 1 aliphatic heterocycles. The molecular formula is C8H12N2O3. The van der Waals surface area contributed by atoms with Crippen LogP contribution in [0.15, 0.2) is 0 Å². The van der Waals surface area contributed by atoms with E-state index in [9.17, 15) is 9.59 Å². The van der Waals surface area contributed by atoms with Crippen molar-refractivity contribution < 1.29 is 14.7 Å². The average Bonchev–Trinajstić information content (AvgIpc) is 2.70. The van der Waals surface area contributed by atoms with Crippen LogP contribution < -0.4 is 5.73 Å². The standard InChI is InChI=1S/C8H12N2O3/c1-3(9)10-7(12)5-4(2-11)6(5)8(10)13/h3-6,11H,2,9H2,1H3. The van der Waals surface area contributed by atoms with Crippen LogP contribution in [-0.4, -0.2) is 34.6 Å². The summed E-state index contributed by atoms with van der Waals surface area (Å²) in [6.45, 7) is 1.52. The molecule has 1 aliphatic carbocycles. The Morgan fingerprint density at radius 1 is 1.46 bits per heavy atom. The number of imide groups is 1. The normalized spacial score (nSPS) is 39.3. The first kappa shape index (κ1) is 8.65. The van der Waals surface area contributed by atoms with Gasteiger partial charge in [-0.2, -0.15) is 0 Å². The second-order valence-electron chi connectivity index (χ2n) is 3.69. The highest BCUT2D eigenvalue weighted by molar-refractivity contribution is 6.09. The third-order valence-corrected chi connectivity index (χ3v) is 2.83. The van der Waals surface area contributed by atoms with Crippen LogP contribution in [0.2, 0.25) is 0 Å². The zero-order valence-electron chi connectivity index (χ0n) is 7.30. The number of carbonyl (C=O) groups excluding carboxylic acids is 2. The minimum Gasteiger partial charge on any atom is -0.396 e. The van der Waals surface area contributed by atoms with Crippen molar-refractivity contribution in [3.05, 3.63) is 0 Å². The molecule has 3 atom stereocenters. The molecule has 0 bridgehead atoms. The number of aliphatic hydroxyl groups excluding tert-OH is 1. The summed E-state index contributed by atoms with van der Waals surface area (Å²) < 4.78 is 0. The van der Waals surface area contributed by atoms with Gasteiger partial charge in [0.2, 0.25) is 11.8 Å². The van der Waals surface area contributed by atoms with E-state index in [-0.39, 0.29) is 36.2 Å². The molecule has 13 heavy (non-hydrogen) atoms. The topological polar surface area (TPSA) is 83.6 Å². The van der Waals surface area contributed by atoms with Crippen molar-refractivity contribution in [3.8, 4) is 0 Å². The number of carbonyl (C=O) groups is 2. The van der Waals surface area contributed by atoms with Gasteiger partial charge in [-0.05, 0) is 6.92 Å². The van der Waals surface area contributed by atoms with Crippen LogP contribution in [0.3, 0.4) is 0 Å². The van der Waals surface area contributed by atoms with Crippen LogP contribution in [-0.2, 0) is 9.59 Å². The molecule has 3 N–H and O–H groups in total. The Morgan fingerprint density at radius 2 is 1.92 bits per heavy atom. The van der Waals surface area contributed by atoms with Crippen molar-refractivity contribution in [2.75, 3.05) is 6.61 Å². The monoisotopic (exact) mass is 184 g/mol. The molecule has 2 amide bonds. The predicted octanol–water partition coefficient (Wildman–Crippen LogP) is -1.49. The van der Waals surface area contributed by atoms with E-state index < -0.39 is 6.17 Å². The maximum Gasteiger partial charge on any atom is 0.234 e. The van der Waals surface area contributed by atoms with Gasteiger partial charge in [-0.15, -0.1) is 0 Å². The summed E-state index contributed by atoms with van der Waals surface area (Å²) in [5.41, 5.74) is 5.47. The molecule has 2 rings (SSSR count). The SMILES string of the molecule is CC(N)N1C(=O)C2C(CO)C2C1=O. The van der Waals surface area contributed by atoms with Gasteiger partial charge >= 0.3 is 0 Å². The Bertz CT molecular complexity index is 255. The molecule has 0 radical (unpaired) electrons. The van der Waals surface area contributed by atoms with Crippen LogP contribution in [0.1, 0.15) is 6.92 Å². The third-order valence-electron chi connectivity index (χ3n) is 2.83. The Hall–Kier alpha value is -0.940. The summed E-state index contributed by atoms with van der Waals surface area (Å²) in [6, 6.07) is 0. The number of fused-ring (bicyclic) bond motifs is 1. The second-order valence-corrected chi connectivity index (χ2v) is 3.69. The van der Waals surface area contributed by atoms with Gasteiger partial charge in [0.05, 0.1) is 18.0 Å². The Labute approximate surface area is 75.5 Å². The van der Waals surface area contributed by atoms with Gasteiger partial charge in [-0.3, -0.25) is 14.5 Å². The number of nitrogens with two attached hydrogens (primary N) is 1. The molecule has 0 aromatic heterocycles. The minimum absolute atomic E-state index is 0.0837. The van der Waals surface area contributed by atoms with Gasteiger partial charge in [0.15, 0.2) is 0 Å². The summed E-state index contributed by atoms with van der Waals surface area (Å²) in [6.07, 6.45) is -0.549. The van der Waals surface area contributed by atoms with Crippen molar-refractivity contribution >= 4 is 11.8 Å². The van der Waals surface area contributed by atoms with E-state index in [2.05, 4.69) is 0 Å². The lowest BCUT2D eigenvalue weighted by atomic mass is 10.2. The predicted molar refractivity (Wildman–Crippen MR) is 43.1 cm³/mol. The summed E-state index contributed by atoms with van der Waals surface area (Å²) in [5.74, 6) is -1.16. The van der Waals surface area contributed by atoms with Crippen molar-refractivity contribution in [2.45, 2.75) is 13.1 Å². The zero-order chi connectivity index (χ0) is 9.75. The lowest BCUT2D eigenvalue weighted by Gasteiger charge is -2.21. The number of piperidine rings is 1. The van der Waals surface area contributed by atoms with Crippen LogP contribution in [0.5, 0.6) is 0 Å². The molecule has 5 nitrogen and oxygen atoms in total. The fourth-order valence-corrected chi connectivity index (χ4v) is 2.11. The molecule has 2 aliphatic rings. The molecular weight excluding hydrogens is 172 g/mol. The molecule has 1 heterocycles. The fourth-order valence-electron chi connectivity index (χ4n) is 2.11. The van der Waals surface area contributed by atoms with E-state index in [1.165, 1.54) is 0 Å². The van der Waals surface area contributed by atoms with E-state index in [0.29, 0.717) is 0 Å². The summed E-state index contributed by atoms with van der Waals surface area (Å²) in [4.78, 5) is 24.1. The largest absolute Gasteiger partial charge is 0.396 e. The first-order valence-electron chi connectivity index (χ1n) is 4.33. The second kappa shape index (κ2) is 2.52. The van der Waals surface area contributed by atoms with E-state index in [1.54, 1.807) is 6.92 Å². The van der Waals surface area contributed by atoms with Gasteiger partial charge in [-0.25, -0.2) is 0 Å². The van der Waals surface area contributed by atoms with Crippen LogP contribution in [0.25, 0.3) is 0 Å². The number of rotatable bonds is 2. The maximum absolute atomic E-state index is 11.5. The van der Waals surface area contributed by atoms with Crippen molar-refractivity contribution in [2.24, 2.45) is 23.5 Å². The Morgan fingerprint density at radius 3 is 2.23 bits per heavy atom. The lowest BCUT2D eigenvalue weighted by Crippen LogP contribution is -2.46. The van der Waals surface area contributed by atoms with E-state index in [4.69, 9.17) is 10.8 Å². The Kier molecular flexibility index (Phi) is 1.68. The molecule has 2 fully saturated rings. The number of hydrogen-bond donors (Lipinski definition) is 2. The molecule has 3 unspecified atom stereocenters. The molecule has 1 saturated carbocycles. The van der Waals surface area contributed by atoms with Gasteiger partial charge < -0.3 is 10.8 Å². The minimum atomic E-state index is -0.549. The lowest BCUT2D eigenvalue weighted by molar-refractivity contribution is -0.144. The molecule has 5 heteroatoms. The average molecular weight is 184 g/mol. The smallest absolute Gasteiger partial charge is 0.234 e. The number of amides is 2. The zero-order valence-corrected chi connectivity index (χ0v) is 7.30. The van der Waals surface area contributed by atoms with Crippen LogP contribution >= 0.6 is 0 Å². The van der Waals surface area contributed by atoms with Crippen molar-refractivity contribution in [1.29, 1.82) is 0 Å². The number of aliphatic hydroxyl groups is 1. The first-order valence-corrected chi connectivity index (χ1v) is 4.33. The van der Waals surface area contributed by atoms with Gasteiger partial charge in [0, 0.05) is 12.5 Å². The van der Waals surface area contributed by atoms with Gasteiger partial charge in [0.25, 0.3) is 0 Å². The van der Waals surface area contributed by atoms with Crippen LogP contribution in [0, 0.1) is 17.8 Å². The molecule has 0 aromatic rings. The number of nitrogens with zero attached hydrogens (tertiary/aromatic N) is 1. The summed E-state index contributed by atoms with van der Waals surface area (Å²) in [5, 5.41) is 8.82. The fraction of sp³-hybridized carbons (Fsp3) is 0.750. The number of likely N-dealkylation sites (tertiary alicyclic amines) is 1. The Balaban J connectivity index is 2.17. The highest BCUT2D eigenvalue weighted by Gasteiger charge is 2.67. The number of hydrogen-bond acceptors (Lipinski definition) is 4. The van der Waals surface area contributed by atoms with E-state index in [0.717, 1.165) is 4.90 Å². The molecule has 0 spiro atoms. The van der Waals surface area contributed by atoms with Crippen molar-refractivity contribution in [1.82, 2.24) is 4.90 Å². The molecule has 72 valence electrons. The summed E-state index contributed by atoms with van der Waals surface area (Å²) >= 11 is 0. The maximum atomic E-state index is 11.5. The first-order chi connectivity index (χ1) is 6.09. The highest BCUT2D eigenvalue weighted by Crippen LogP contribution is 2.53. The highest BCUT2D eigenvalue weighted by atomic mass is 16.3. The summed E-state index contributed by atoms with van der Waals surface area (Å²) in [7, 11) is 0. The van der Waals surface area contributed by atoms with Crippen LogP contribution in [0.4, 0.5) is 0 Å².